The smallest absolute Gasteiger partial charge is 0.387 e. The van der Waals surface area contributed by atoms with Crippen LogP contribution < -0.4 is 20.1 Å². The van der Waals surface area contributed by atoms with E-state index in [2.05, 4.69) is 32.2 Å². The van der Waals surface area contributed by atoms with Crippen molar-refractivity contribution in [2.75, 3.05) is 25.0 Å². The number of alkyl halides is 2. The first-order chi connectivity index (χ1) is 26.0. The van der Waals surface area contributed by atoms with Crippen molar-refractivity contribution < 1.29 is 42.2 Å². The van der Waals surface area contributed by atoms with Crippen molar-refractivity contribution in [1.82, 2.24) is 20.1 Å². The lowest BCUT2D eigenvalue weighted by atomic mass is 9.96. The molecule has 3 aromatic rings. The minimum atomic E-state index is -3.11. The molecule has 2 fully saturated rings. The SMILES string of the molecule is O=C1CCC(N2Cc3c(C#CC4CCN(C(=O)CCCCOc5cc(C(=O)Nc6c(Cl)cncc6Cl)ccc5OC(F)F)CC4)cccc3C2=O)C(=O)N1. The summed E-state index contributed by atoms with van der Waals surface area (Å²) in [5, 5.41) is 5.12. The molecule has 6 rings (SSSR count). The molecule has 4 heterocycles. The van der Waals surface area contributed by atoms with Crippen LogP contribution in [0.2, 0.25) is 10.0 Å². The van der Waals surface area contributed by atoms with Gasteiger partial charge in [0, 0.05) is 67.5 Å². The quantitative estimate of drug-likeness (QED) is 0.140. The van der Waals surface area contributed by atoms with Crippen molar-refractivity contribution in [2.45, 2.75) is 64.1 Å². The van der Waals surface area contributed by atoms with Crippen LogP contribution in [0.1, 0.15) is 76.8 Å². The average molecular weight is 783 g/mol. The number of fused-ring (bicyclic) bond motifs is 1. The number of hydrogen-bond donors (Lipinski definition) is 2. The second-order valence-electron chi connectivity index (χ2n) is 12.9. The van der Waals surface area contributed by atoms with Crippen LogP contribution in [0, 0.1) is 17.8 Å². The van der Waals surface area contributed by atoms with E-state index in [4.69, 9.17) is 27.9 Å². The van der Waals surface area contributed by atoms with Gasteiger partial charge in [-0.15, -0.1) is 0 Å². The van der Waals surface area contributed by atoms with Gasteiger partial charge >= 0.3 is 6.61 Å². The maximum absolute atomic E-state index is 13.1. The van der Waals surface area contributed by atoms with E-state index in [9.17, 15) is 32.8 Å². The van der Waals surface area contributed by atoms with Crippen LogP contribution in [0.4, 0.5) is 14.5 Å². The molecule has 2 aromatic carbocycles. The van der Waals surface area contributed by atoms with Gasteiger partial charge in [-0.25, -0.2) is 0 Å². The summed E-state index contributed by atoms with van der Waals surface area (Å²) in [6, 6.07) is 8.42. The molecule has 0 bridgehead atoms. The Morgan fingerprint density at radius 2 is 1.78 bits per heavy atom. The fraction of sp³-hybridized carbons (Fsp3) is 0.368. The third kappa shape index (κ3) is 9.09. The van der Waals surface area contributed by atoms with E-state index in [1.807, 2.05) is 6.07 Å². The molecule has 1 aromatic heterocycles. The predicted octanol–water partition coefficient (Wildman–Crippen LogP) is 5.84. The summed E-state index contributed by atoms with van der Waals surface area (Å²) >= 11 is 12.2. The molecule has 282 valence electrons. The van der Waals surface area contributed by atoms with Gasteiger partial charge in [0.25, 0.3) is 11.8 Å². The van der Waals surface area contributed by atoms with Gasteiger partial charge in [0.15, 0.2) is 11.5 Å². The standard InChI is InChI=1S/C38H35Cl2F2N5O7/c39-27-19-43-20-28(40)34(27)45-35(50)24-9-11-30(54-38(41)42)31(18-24)53-17-2-1-6-33(49)46-15-13-22(14-16-46)7-8-23-4-3-5-25-26(23)21-47(37(25)52)29-10-12-32(48)44-36(29)51/h3-5,9,11,18-20,22,29,38H,1-2,6,10,12-17,21H2,(H,43,45,50)(H,44,48,51). The number of piperidine rings is 2. The largest absolute Gasteiger partial charge is 0.490 e. The summed E-state index contributed by atoms with van der Waals surface area (Å²) in [6.07, 6.45) is 5.65. The van der Waals surface area contributed by atoms with Gasteiger partial charge in [0.1, 0.15) is 6.04 Å². The number of halogens is 4. The van der Waals surface area contributed by atoms with E-state index < -0.39 is 24.5 Å². The highest BCUT2D eigenvalue weighted by molar-refractivity contribution is 6.39. The van der Waals surface area contributed by atoms with E-state index >= 15 is 0 Å². The molecular weight excluding hydrogens is 747 g/mol. The number of benzene rings is 2. The van der Waals surface area contributed by atoms with E-state index in [-0.39, 0.29) is 88.8 Å². The Bertz CT molecular complexity index is 2010. The molecule has 54 heavy (non-hydrogen) atoms. The Balaban J connectivity index is 0.963. The van der Waals surface area contributed by atoms with Crippen molar-refractivity contribution >= 4 is 58.4 Å². The zero-order valence-corrected chi connectivity index (χ0v) is 30.4. The number of ether oxygens (including phenoxy) is 2. The molecular formula is C38H35Cl2F2N5O7. The van der Waals surface area contributed by atoms with Crippen LogP contribution in [0.5, 0.6) is 11.5 Å². The monoisotopic (exact) mass is 781 g/mol. The van der Waals surface area contributed by atoms with Gasteiger partial charge in [0.2, 0.25) is 17.7 Å². The Kier molecular flexibility index (Phi) is 12.3. The number of carbonyl (C=O) groups excluding carboxylic acids is 5. The molecule has 2 N–H and O–H groups in total. The van der Waals surface area contributed by atoms with Crippen molar-refractivity contribution in [3.05, 3.63) is 81.1 Å². The summed E-state index contributed by atoms with van der Waals surface area (Å²) in [7, 11) is 0. The van der Waals surface area contributed by atoms with Crippen molar-refractivity contribution in [3.63, 3.8) is 0 Å². The van der Waals surface area contributed by atoms with Crippen LogP contribution in [-0.4, -0.2) is 76.7 Å². The van der Waals surface area contributed by atoms with Gasteiger partial charge in [-0.1, -0.05) is 41.1 Å². The molecule has 2 saturated heterocycles. The van der Waals surface area contributed by atoms with Crippen molar-refractivity contribution in [1.29, 1.82) is 0 Å². The second kappa shape index (κ2) is 17.3. The number of rotatable bonds is 11. The molecule has 0 radical (unpaired) electrons. The molecule has 5 amide bonds. The highest BCUT2D eigenvalue weighted by atomic mass is 35.5. The van der Waals surface area contributed by atoms with Crippen LogP contribution in [0.15, 0.2) is 48.8 Å². The first-order valence-electron chi connectivity index (χ1n) is 17.4. The van der Waals surface area contributed by atoms with Gasteiger partial charge in [-0.05, 0) is 68.0 Å². The van der Waals surface area contributed by atoms with Crippen LogP contribution in [0.25, 0.3) is 0 Å². The highest BCUT2D eigenvalue weighted by Gasteiger charge is 2.39. The molecule has 16 heteroatoms. The molecule has 0 saturated carbocycles. The molecule has 12 nitrogen and oxygen atoms in total. The Morgan fingerprint density at radius 3 is 2.50 bits per heavy atom. The minimum Gasteiger partial charge on any atom is -0.490 e. The van der Waals surface area contributed by atoms with Gasteiger partial charge in [-0.2, -0.15) is 8.78 Å². The summed E-state index contributed by atoms with van der Waals surface area (Å²) in [5.74, 6) is 4.62. The van der Waals surface area contributed by atoms with E-state index in [0.29, 0.717) is 44.3 Å². The highest BCUT2D eigenvalue weighted by Crippen LogP contribution is 2.33. The number of carbonyl (C=O) groups is 5. The lowest BCUT2D eigenvalue weighted by molar-refractivity contribution is -0.137. The predicted molar refractivity (Wildman–Crippen MR) is 193 cm³/mol. The number of imide groups is 1. The zero-order chi connectivity index (χ0) is 38.4. The number of likely N-dealkylation sites (tertiary alicyclic amines) is 1. The van der Waals surface area contributed by atoms with Crippen molar-refractivity contribution in [3.8, 4) is 23.3 Å². The Labute approximate surface area is 319 Å². The maximum atomic E-state index is 13.1. The molecule has 1 atom stereocenters. The Hall–Kier alpha value is -5.26. The topological polar surface area (TPSA) is 147 Å². The molecule has 3 aliphatic heterocycles. The van der Waals surface area contributed by atoms with Gasteiger partial charge in [0.05, 0.1) is 22.3 Å². The Morgan fingerprint density at radius 1 is 1.02 bits per heavy atom. The average Bonchev–Trinajstić information content (AvgIpc) is 3.48. The third-order valence-corrected chi connectivity index (χ3v) is 9.97. The number of pyridine rings is 1. The lowest BCUT2D eigenvalue weighted by Gasteiger charge is -2.30. The fourth-order valence-electron chi connectivity index (χ4n) is 6.55. The second-order valence-corrected chi connectivity index (χ2v) is 13.7. The molecule has 0 spiro atoms. The fourth-order valence-corrected chi connectivity index (χ4v) is 7.01. The summed E-state index contributed by atoms with van der Waals surface area (Å²) in [5.41, 5.74) is 2.22. The third-order valence-electron chi connectivity index (χ3n) is 9.40. The maximum Gasteiger partial charge on any atom is 0.387 e. The number of nitrogens with zero attached hydrogens (tertiary/aromatic N) is 3. The number of aromatic nitrogens is 1. The summed E-state index contributed by atoms with van der Waals surface area (Å²) in [6.45, 7) is -1.70. The number of anilines is 1. The molecule has 0 aliphatic carbocycles. The van der Waals surface area contributed by atoms with Crippen molar-refractivity contribution in [2.24, 2.45) is 5.92 Å². The van der Waals surface area contributed by atoms with E-state index in [1.165, 1.54) is 35.5 Å². The molecule has 3 aliphatic rings. The summed E-state index contributed by atoms with van der Waals surface area (Å²) < 4.78 is 36.4. The van der Waals surface area contributed by atoms with Crippen LogP contribution >= 0.6 is 23.2 Å². The van der Waals surface area contributed by atoms with Gasteiger partial charge < -0.3 is 24.6 Å². The number of unbranched alkanes of at least 4 members (excludes halogenated alkanes) is 1. The van der Waals surface area contributed by atoms with E-state index in [1.54, 1.807) is 17.0 Å². The summed E-state index contributed by atoms with van der Waals surface area (Å²) in [4.78, 5) is 70.1. The van der Waals surface area contributed by atoms with E-state index in [0.717, 1.165) is 11.1 Å². The minimum absolute atomic E-state index is 0.0110. The molecule has 1 unspecified atom stereocenters. The van der Waals surface area contributed by atoms with Gasteiger partial charge in [-0.3, -0.25) is 34.3 Å². The lowest BCUT2D eigenvalue weighted by Crippen LogP contribution is -2.52. The van der Waals surface area contributed by atoms with Crippen LogP contribution in [0.3, 0.4) is 0 Å². The first-order valence-corrected chi connectivity index (χ1v) is 18.1. The normalized spacial score (nSPS) is 17.1. The zero-order valence-electron chi connectivity index (χ0n) is 28.8. The van der Waals surface area contributed by atoms with Crippen LogP contribution in [-0.2, 0) is 20.9 Å². The number of hydrogen-bond acceptors (Lipinski definition) is 8. The first kappa shape index (κ1) is 38.5. The number of amides is 5. The number of nitrogens with one attached hydrogen (secondary N) is 2.